The number of methoxy groups -OCH3 is 1. The van der Waals surface area contributed by atoms with E-state index >= 15 is 0 Å². The molecule has 0 atom stereocenters. The Morgan fingerprint density at radius 1 is 1.07 bits per heavy atom. The number of morpholine rings is 1. The van der Waals surface area contributed by atoms with E-state index in [1.54, 1.807) is 0 Å². The predicted molar refractivity (Wildman–Crippen MR) is 110 cm³/mol. The van der Waals surface area contributed by atoms with Crippen molar-refractivity contribution < 1.29 is 17.9 Å². The molecule has 0 amide bonds. The first-order chi connectivity index (χ1) is 13.4. The van der Waals surface area contributed by atoms with Crippen LogP contribution in [0.3, 0.4) is 0 Å². The SMILES string of the molecule is COc1ccc(S(=O)(=O)NCc2ccccc2CN2CCOCC2)c(Cl)c1Cl. The molecule has 2 aromatic carbocycles. The van der Waals surface area contributed by atoms with Crippen LogP contribution < -0.4 is 9.46 Å². The summed E-state index contributed by atoms with van der Waals surface area (Å²) in [6, 6.07) is 10.6. The van der Waals surface area contributed by atoms with E-state index in [1.165, 1.54) is 19.2 Å². The van der Waals surface area contributed by atoms with E-state index in [2.05, 4.69) is 9.62 Å². The van der Waals surface area contributed by atoms with Crippen molar-refractivity contribution in [3.63, 3.8) is 0 Å². The van der Waals surface area contributed by atoms with Gasteiger partial charge in [-0.15, -0.1) is 0 Å². The normalized spacial score (nSPS) is 15.5. The lowest BCUT2D eigenvalue weighted by Gasteiger charge is -2.27. The highest BCUT2D eigenvalue weighted by atomic mass is 35.5. The third kappa shape index (κ3) is 4.97. The molecule has 3 rings (SSSR count). The van der Waals surface area contributed by atoms with Crippen LogP contribution >= 0.6 is 23.2 Å². The summed E-state index contributed by atoms with van der Waals surface area (Å²) >= 11 is 12.2. The molecule has 9 heteroatoms. The van der Waals surface area contributed by atoms with Crippen LogP contribution in [0.25, 0.3) is 0 Å². The Labute approximate surface area is 175 Å². The molecule has 0 radical (unpaired) electrons. The summed E-state index contributed by atoms with van der Waals surface area (Å²) in [5.41, 5.74) is 1.99. The summed E-state index contributed by atoms with van der Waals surface area (Å²) in [4.78, 5) is 2.21. The van der Waals surface area contributed by atoms with Crippen molar-refractivity contribution in [3.8, 4) is 5.75 Å². The van der Waals surface area contributed by atoms with Crippen LogP contribution in [-0.4, -0.2) is 46.7 Å². The second-order valence-corrected chi connectivity index (χ2v) is 8.87. The summed E-state index contributed by atoms with van der Waals surface area (Å²) in [7, 11) is -2.40. The molecule has 0 saturated carbocycles. The van der Waals surface area contributed by atoms with E-state index in [4.69, 9.17) is 32.7 Å². The zero-order valence-electron chi connectivity index (χ0n) is 15.5. The molecular formula is C19H22Cl2N2O4S. The van der Waals surface area contributed by atoms with Crippen LogP contribution in [0.2, 0.25) is 10.0 Å². The van der Waals surface area contributed by atoms with Crippen molar-refractivity contribution in [1.82, 2.24) is 9.62 Å². The number of hydrogen-bond acceptors (Lipinski definition) is 5. The Bertz CT molecular complexity index is 932. The molecule has 1 saturated heterocycles. The summed E-state index contributed by atoms with van der Waals surface area (Å²) in [6.45, 7) is 4.05. The first-order valence-electron chi connectivity index (χ1n) is 8.81. The van der Waals surface area contributed by atoms with Crippen molar-refractivity contribution in [2.45, 2.75) is 18.0 Å². The van der Waals surface area contributed by atoms with E-state index in [1.807, 2.05) is 24.3 Å². The molecule has 0 unspecified atom stereocenters. The van der Waals surface area contributed by atoms with Gasteiger partial charge in [0.1, 0.15) is 15.7 Å². The molecule has 0 aromatic heterocycles. The third-order valence-electron chi connectivity index (χ3n) is 4.59. The maximum Gasteiger partial charge on any atom is 0.242 e. The zero-order valence-corrected chi connectivity index (χ0v) is 17.8. The minimum absolute atomic E-state index is 0.0601. The monoisotopic (exact) mass is 444 g/mol. The van der Waals surface area contributed by atoms with Gasteiger partial charge in [-0.2, -0.15) is 0 Å². The number of nitrogens with one attached hydrogen (secondary N) is 1. The molecule has 1 N–H and O–H groups in total. The van der Waals surface area contributed by atoms with Crippen molar-refractivity contribution in [3.05, 3.63) is 57.6 Å². The molecule has 1 fully saturated rings. The highest BCUT2D eigenvalue weighted by molar-refractivity contribution is 7.89. The molecule has 0 aliphatic carbocycles. The molecule has 1 aliphatic heterocycles. The van der Waals surface area contributed by atoms with E-state index in [9.17, 15) is 8.42 Å². The molecule has 152 valence electrons. The molecule has 1 heterocycles. The van der Waals surface area contributed by atoms with Gasteiger partial charge in [0, 0.05) is 26.2 Å². The molecule has 0 spiro atoms. The summed E-state index contributed by atoms with van der Waals surface area (Å²) in [5.74, 6) is 0.321. The van der Waals surface area contributed by atoms with Crippen molar-refractivity contribution in [2.24, 2.45) is 0 Å². The number of nitrogens with zero attached hydrogens (tertiary/aromatic N) is 1. The number of benzene rings is 2. The Morgan fingerprint density at radius 2 is 1.75 bits per heavy atom. The fourth-order valence-electron chi connectivity index (χ4n) is 3.01. The fourth-order valence-corrected chi connectivity index (χ4v) is 4.86. The van der Waals surface area contributed by atoms with E-state index < -0.39 is 10.0 Å². The average Bonchev–Trinajstić information content (AvgIpc) is 2.70. The topological polar surface area (TPSA) is 67.9 Å². The second kappa shape index (κ2) is 9.43. The van der Waals surface area contributed by atoms with Gasteiger partial charge in [-0.1, -0.05) is 47.5 Å². The minimum Gasteiger partial charge on any atom is -0.495 e. The van der Waals surface area contributed by atoms with Crippen LogP contribution in [-0.2, 0) is 27.8 Å². The second-order valence-electron chi connectivity index (χ2n) is 6.38. The van der Waals surface area contributed by atoms with Crippen LogP contribution in [0, 0.1) is 0 Å². The van der Waals surface area contributed by atoms with Crippen LogP contribution in [0.5, 0.6) is 5.75 Å². The predicted octanol–water partition coefficient (Wildman–Crippen LogP) is 3.31. The standard InChI is InChI=1S/C19H22Cl2N2O4S/c1-26-16-6-7-17(19(21)18(16)20)28(24,25)22-12-14-4-2-3-5-15(14)13-23-8-10-27-11-9-23/h2-7,22H,8-13H2,1H3. The highest BCUT2D eigenvalue weighted by Gasteiger charge is 2.22. The summed E-state index contributed by atoms with van der Waals surface area (Å²) in [5, 5.41) is 0.00915. The summed E-state index contributed by atoms with van der Waals surface area (Å²) in [6.07, 6.45) is 0. The van der Waals surface area contributed by atoms with Gasteiger partial charge >= 0.3 is 0 Å². The number of sulfonamides is 1. The molecule has 28 heavy (non-hydrogen) atoms. The maximum absolute atomic E-state index is 12.8. The van der Waals surface area contributed by atoms with Crippen molar-refractivity contribution in [1.29, 1.82) is 0 Å². The lowest BCUT2D eigenvalue weighted by molar-refractivity contribution is 0.0341. The molecule has 1 aliphatic rings. The van der Waals surface area contributed by atoms with E-state index in [0.717, 1.165) is 30.8 Å². The Kier molecular flexibility index (Phi) is 7.20. The zero-order chi connectivity index (χ0) is 20.1. The lowest BCUT2D eigenvalue weighted by atomic mass is 10.1. The van der Waals surface area contributed by atoms with Gasteiger partial charge in [-0.3, -0.25) is 4.90 Å². The van der Waals surface area contributed by atoms with Gasteiger partial charge in [-0.25, -0.2) is 13.1 Å². The first kappa shape index (κ1) is 21.4. The van der Waals surface area contributed by atoms with Crippen LogP contribution in [0.1, 0.15) is 11.1 Å². The lowest BCUT2D eigenvalue weighted by Crippen LogP contribution is -2.36. The van der Waals surface area contributed by atoms with Gasteiger partial charge in [0.2, 0.25) is 10.0 Å². The van der Waals surface area contributed by atoms with E-state index in [-0.39, 0.29) is 21.5 Å². The first-order valence-corrected chi connectivity index (χ1v) is 11.0. The summed E-state index contributed by atoms with van der Waals surface area (Å²) < 4.78 is 38.6. The Hall–Kier alpha value is -1.35. The smallest absolute Gasteiger partial charge is 0.242 e. The average molecular weight is 445 g/mol. The van der Waals surface area contributed by atoms with Crippen molar-refractivity contribution in [2.75, 3.05) is 33.4 Å². The molecule has 0 bridgehead atoms. The largest absolute Gasteiger partial charge is 0.495 e. The van der Waals surface area contributed by atoms with E-state index in [0.29, 0.717) is 19.0 Å². The number of halogens is 2. The maximum atomic E-state index is 12.8. The highest BCUT2D eigenvalue weighted by Crippen LogP contribution is 2.36. The quantitative estimate of drug-likeness (QED) is 0.709. The number of hydrogen-bond donors (Lipinski definition) is 1. The molecular weight excluding hydrogens is 423 g/mol. The number of ether oxygens (including phenoxy) is 2. The Morgan fingerprint density at radius 3 is 2.43 bits per heavy atom. The van der Waals surface area contributed by atoms with Gasteiger partial charge < -0.3 is 9.47 Å². The Balaban J connectivity index is 1.76. The van der Waals surface area contributed by atoms with Crippen LogP contribution in [0.15, 0.2) is 41.3 Å². The number of rotatable bonds is 7. The van der Waals surface area contributed by atoms with Gasteiger partial charge in [0.25, 0.3) is 0 Å². The van der Waals surface area contributed by atoms with Gasteiger partial charge in [0.05, 0.1) is 25.3 Å². The minimum atomic E-state index is -3.84. The van der Waals surface area contributed by atoms with Crippen molar-refractivity contribution >= 4 is 33.2 Å². The molecule has 6 nitrogen and oxygen atoms in total. The van der Waals surface area contributed by atoms with Crippen LogP contribution in [0.4, 0.5) is 0 Å². The van der Waals surface area contributed by atoms with Gasteiger partial charge in [0.15, 0.2) is 0 Å². The van der Waals surface area contributed by atoms with Gasteiger partial charge in [-0.05, 0) is 23.3 Å². The fraction of sp³-hybridized carbons (Fsp3) is 0.368. The third-order valence-corrected chi connectivity index (χ3v) is 7.01. The molecule has 2 aromatic rings.